The Bertz CT molecular complexity index is 1380. The van der Waals surface area contributed by atoms with Gasteiger partial charge in [-0.25, -0.2) is 9.37 Å². The first-order valence-corrected chi connectivity index (χ1v) is 10.9. The molecule has 0 saturated carbocycles. The minimum atomic E-state index is -0.419. The summed E-state index contributed by atoms with van der Waals surface area (Å²) in [5, 5.41) is 11.5. The number of nitrogens with one attached hydrogen (secondary N) is 1. The first-order chi connectivity index (χ1) is 15.3. The van der Waals surface area contributed by atoms with Crippen molar-refractivity contribution in [2.24, 2.45) is 7.05 Å². The van der Waals surface area contributed by atoms with E-state index in [9.17, 15) is 14.0 Å². The lowest BCUT2D eigenvalue weighted by Crippen LogP contribution is -2.22. The highest BCUT2D eigenvalue weighted by molar-refractivity contribution is 7.99. The van der Waals surface area contributed by atoms with E-state index in [0.29, 0.717) is 33.6 Å². The van der Waals surface area contributed by atoms with Crippen molar-refractivity contribution < 1.29 is 9.18 Å². The summed E-state index contributed by atoms with van der Waals surface area (Å²) >= 11 is 1.21. The molecule has 164 valence electrons. The second-order valence-corrected chi connectivity index (χ2v) is 8.34. The van der Waals surface area contributed by atoms with E-state index in [-0.39, 0.29) is 23.6 Å². The molecule has 1 aromatic carbocycles. The molecule has 4 rings (SSSR count). The van der Waals surface area contributed by atoms with Crippen molar-refractivity contribution in [3.05, 3.63) is 81.4 Å². The maximum atomic E-state index is 13.3. The predicted octanol–water partition coefficient (Wildman–Crippen LogP) is 2.90. The van der Waals surface area contributed by atoms with Crippen LogP contribution in [0.25, 0.3) is 5.65 Å². The number of fused-ring (bicyclic) bond motifs is 1. The lowest BCUT2D eigenvalue weighted by Gasteiger charge is -2.09. The number of hydrogen-bond donors (Lipinski definition) is 1. The molecule has 0 aliphatic heterocycles. The van der Waals surface area contributed by atoms with Gasteiger partial charge >= 0.3 is 0 Å². The van der Waals surface area contributed by atoms with Gasteiger partial charge in [0.1, 0.15) is 17.3 Å². The van der Waals surface area contributed by atoms with Gasteiger partial charge in [-0.05, 0) is 49.7 Å². The summed E-state index contributed by atoms with van der Waals surface area (Å²) in [6.45, 7) is 3.76. The van der Waals surface area contributed by atoms with Gasteiger partial charge in [-0.15, -0.1) is 10.2 Å². The molecular weight excluding hydrogens is 431 g/mol. The monoisotopic (exact) mass is 452 g/mol. The van der Waals surface area contributed by atoms with Crippen molar-refractivity contribution in [1.82, 2.24) is 24.1 Å². The smallest absolute Gasteiger partial charge is 0.261 e. The topological polar surface area (TPSA) is 94.2 Å². The predicted molar refractivity (Wildman–Crippen MR) is 120 cm³/mol. The Morgan fingerprint density at radius 2 is 2.00 bits per heavy atom. The number of aryl methyl sites for hydroxylation is 2. The number of benzene rings is 1. The van der Waals surface area contributed by atoms with Gasteiger partial charge in [0.15, 0.2) is 5.16 Å². The summed E-state index contributed by atoms with van der Waals surface area (Å²) in [4.78, 5) is 29.7. The highest BCUT2D eigenvalue weighted by Gasteiger charge is 2.16. The molecule has 0 spiro atoms. The fourth-order valence-electron chi connectivity index (χ4n) is 3.27. The Balaban J connectivity index is 1.48. The number of carbonyl (C=O) groups is 1. The molecule has 0 saturated heterocycles. The molecule has 0 bridgehead atoms. The number of amides is 1. The van der Waals surface area contributed by atoms with Crippen molar-refractivity contribution in [3.8, 4) is 0 Å². The third-order valence-corrected chi connectivity index (χ3v) is 6.01. The van der Waals surface area contributed by atoms with Crippen LogP contribution in [0, 0.1) is 19.7 Å². The molecule has 32 heavy (non-hydrogen) atoms. The summed E-state index contributed by atoms with van der Waals surface area (Å²) in [5.74, 6) is -0.0283. The standard InChI is InChI=1S/C22H21FN6O2S/c1-13-7-8-29-18(9-13)24-14(2)17(21(29)31)11-19-26-27-22(28(19)3)32-12-20(30)25-16-6-4-5-15(23)10-16/h4-10H,11-12H2,1-3H3,(H,25,30). The fourth-order valence-corrected chi connectivity index (χ4v) is 4.00. The van der Waals surface area contributed by atoms with Crippen LogP contribution in [0.5, 0.6) is 0 Å². The Labute approximate surface area is 187 Å². The maximum absolute atomic E-state index is 13.3. The summed E-state index contributed by atoms with van der Waals surface area (Å²) in [7, 11) is 1.78. The summed E-state index contributed by atoms with van der Waals surface area (Å²) in [6, 6.07) is 9.44. The number of aromatic nitrogens is 5. The molecule has 0 radical (unpaired) electrons. The summed E-state index contributed by atoms with van der Waals surface area (Å²) < 4.78 is 16.5. The molecule has 0 unspecified atom stereocenters. The van der Waals surface area contributed by atoms with Gasteiger partial charge in [0.05, 0.1) is 5.75 Å². The van der Waals surface area contributed by atoms with Gasteiger partial charge in [-0.1, -0.05) is 17.8 Å². The van der Waals surface area contributed by atoms with Crippen molar-refractivity contribution in [2.75, 3.05) is 11.1 Å². The third kappa shape index (κ3) is 4.54. The number of rotatable bonds is 6. The van der Waals surface area contributed by atoms with Crippen LogP contribution in [-0.4, -0.2) is 35.8 Å². The lowest BCUT2D eigenvalue weighted by molar-refractivity contribution is -0.113. The van der Waals surface area contributed by atoms with Crippen LogP contribution < -0.4 is 10.9 Å². The van der Waals surface area contributed by atoms with E-state index in [2.05, 4.69) is 20.5 Å². The third-order valence-electron chi connectivity index (χ3n) is 4.99. The Kier molecular flexibility index (Phi) is 6.04. The van der Waals surface area contributed by atoms with Crippen LogP contribution >= 0.6 is 11.8 Å². The number of hydrogen-bond acceptors (Lipinski definition) is 6. The largest absolute Gasteiger partial charge is 0.325 e. The SMILES string of the molecule is Cc1ccn2c(=O)c(Cc3nnc(SCC(=O)Nc4cccc(F)c4)n3C)c(C)nc2c1. The lowest BCUT2D eigenvalue weighted by atomic mass is 10.1. The minimum absolute atomic E-state index is 0.0844. The van der Waals surface area contributed by atoms with E-state index in [1.807, 2.05) is 26.0 Å². The molecule has 4 aromatic rings. The molecule has 3 heterocycles. The zero-order chi connectivity index (χ0) is 22.8. The van der Waals surface area contributed by atoms with E-state index < -0.39 is 5.82 Å². The van der Waals surface area contributed by atoms with Gasteiger partial charge in [0, 0.05) is 36.6 Å². The molecule has 10 heteroatoms. The highest BCUT2D eigenvalue weighted by Crippen LogP contribution is 2.18. The molecule has 0 aliphatic carbocycles. The minimum Gasteiger partial charge on any atom is -0.325 e. The molecule has 1 amide bonds. The number of carbonyl (C=O) groups excluding carboxylic acids is 1. The Hall–Kier alpha value is -3.53. The first kappa shape index (κ1) is 21.7. The molecule has 1 N–H and O–H groups in total. The number of thioether (sulfide) groups is 1. The van der Waals surface area contributed by atoms with E-state index in [1.165, 1.54) is 34.4 Å². The quantitative estimate of drug-likeness (QED) is 0.452. The van der Waals surface area contributed by atoms with E-state index in [4.69, 9.17) is 0 Å². The average Bonchev–Trinajstić information content (AvgIpc) is 3.08. The second-order valence-electron chi connectivity index (χ2n) is 7.40. The maximum Gasteiger partial charge on any atom is 0.261 e. The van der Waals surface area contributed by atoms with Gasteiger partial charge in [0.2, 0.25) is 5.91 Å². The Morgan fingerprint density at radius 3 is 2.78 bits per heavy atom. The summed E-state index contributed by atoms with van der Waals surface area (Å²) in [6.07, 6.45) is 1.99. The van der Waals surface area contributed by atoms with Crippen molar-refractivity contribution >= 4 is 29.0 Å². The molecule has 3 aromatic heterocycles. The second kappa shape index (κ2) is 8.91. The molecule has 0 fully saturated rings. The van der Waals surface area contributed by atoms with Gasteiger partial charge in [0.25, 0.3) is 5.56 Å². The van der Waals surface area contributed by atoms with Gasteiger partial charge < -0.3 is 9.88 Å². The van der Waals surface area contributed by atoms with Crippen molar-refractivity contribution in [2.45, 2.75) is 25.4 Å². The number of nitrogens with zero attached hydrogens (tertiary/aromatic N) is 5. The van der Waals surface area contributed by atoms with Crippen LogP contribution in [0.2, 0.25) is 0 Å². The highest BCUT2D eigenvalue weighted by atomic mass is 32.2. The zero-order valence-corrected chi connectivity index (χ0v) is 18.6. The summed E-state index contributed by atoms with van der Waals surface area (Å²) in [5.41, 5.74) is 3.08. The van der Waals surface area contributed by atoms with Gasteiger partial charge in [-0.3, -0.25) is 14.0 Å². The molecule has 0 atom stereocenters. The van der Waals surface area contributed by atoms with E-state index in [0.717, 1.165) is 5.56 Å². The van der Waals surface area contributed by atoms with Crippen LogP contribution in [-0.2, 0) is 18.3 Å². The van der Waals surface area contributed by atoms with Crippen molar-refractivity contribution in [1.29, 1.82) is 0 Å². The fraction of sp³-hybridized carbons (Fsp3) is 0.227. The zero-order valence-electron chi connectivity index (χ0n) is 17.8. The van der Waals surface area contributed by atoms with Crippen LogP contribution in [0.15, 0.2) is 52.5 Å². The molecule has 0 aliphatic rings. The van der Waals surface area contributed by atoms with Crippen molar-refractivity contribution in [3.63, 3.8) is 0 Å². The Morgan fingerprint density at radius 1 is 1.19 bits per heavy atom. The van der Waals surface area contributed by atoms with E-state index >= 15 is 0 Å². The van der Waals surface area contributed by atoms with Crippen LogP contribution in [0.1, 0.15) is 22.6 Å². The first-order valence-electron chi connectivity index (χ1n) is 9.87. The van der Waals surface area contributed by atoms with Crippen LogP contribution in [0.4, 0.5) is 10.1 Å². The van der Waals surface area contributed by atoms with Gasteiger partial charge in [-0.2, -0.15) is 0 Å². The normalized spacial score (nSPS) is 11.1. The van der Waals surface area contributed by atoms with Crippen LogP contribution in [0.3, 0.4) is 0 Å². The average molecular weight is 453 g/mol. The van der Waals surface area contributed by atoms with E-state index in [1.54, 1.807) is 23.9 Å². The molecule has 8 nitrogen and oxygen atoms in total. The number of anilines is 1. The molecular formula is C22H21FN6O2S. The number of halogens is 1. The number of pyridine rings is 1.